The Morgan fingerprint density at radius 2 is 1.92 bits per heavy atom. The van der Waals surface area contributed by atoms with Gasteiger partial charge in [-0.05, 0) is 49.3 Å². The predicted octanol–water partition coefficient (Wildman–Crippen LogP) is 4.00. The fourth-order valence-electron chi connectivity index (χ4n) is 3.33. The minimum Gasteiger partial charge on any atom is -0.467 e. The Bertz CT molecular complexity index is 698. The summed E-state index contributed by atoms with van der Waals surface area (Å²) in [6.07, 6.45) is 5.48. The Kier molecular flexibility index (Phi) is 5.73. The molecule has 1 heterocycles. The number of carbonyl (C=O) groups is 1. The normalized spacial score (nSPS) is 21.1. The van der Waals surface area contributed by atoms with Crippen LogP contribution in [0, 0.1) is 23.2 Å². The number of nitrogens with one attached hydrogen (secondary N) is 2. The van der Waals surface area contributed by atoms with Gasteiger partial charge in [-0.1, -0.05) is 30.3 Å². The van der Waals surface area contributed by atoms with Gasteiger partial charge in [0, 0.05) is 12.5 Å². The number of carbonyl (C=O) groups excluding carboxylic acids is 1. The van der Waals surface area contributed by atoms with E-state index in [0.29, 0.717) is 18.2 Å². The molecular formula is C20H23N3O2. The Hall–Kier alpha value is -2.74. The number of amides is 2. The zero-order valence-corrected chi connectivity index (χ0v) is 14.2. The minimum atomic E-state index is -0.314. The third-order valence-electron chi connectivity index (χ3n) is 4.82. The number of rotatable bonds is 5. The summed E-state index contributed by atoms with van der Waals surface area (Å²) in [5, 5.41) is 14.9. The highest BCUT2D eigenvalue weighted by molar-refractivity contribution is 5.74. The summed E-state index contributed by atoms with van der Waals surface area (Å²) in [4.78, 5) is 12.4. The Morgan fingerprint density at radius 1 is 1.16 bits per heavy atom. The van der Waals surface area contributed by atoms with Crippen molar-refractivity contribution in [1.29, 1.82) is 5.26 Å². The van der Waals surface area contributed by atoms with Gasteiger partial charge in [-0.2, -0.15) is 5.26 Å². The van der Waals surface area contributed by atoms with Crippen LogP contribution >= 0.6 is 0 Å². The van der Waals surface area contributed by atoms with Crippen molar-refractivity contribution < 1.29 is 9.21 Å². The Morgan fingerprint density at radius 3 is 2.56 bits per heavy atom. The van der Waals surface area contributed by atoms with Crippen LogP contribution in [-0.4, -0.2) is 12.6 Å². The summed E-state index contributed by atoms with van der Waals surface area (Å²) in [6, 6.07) is 15.3. The molecule has 1 aliphatic carbocycles. The molecule has 0 bridgehead atoms. The fraction of sp³-hybridized carbons (Fsp3) is 0.400. The van der Waals surface area contributed by atoms with Crippen LogP contribution in [0.3, 0.4) is 0 Å². The van der Waals surface area contributed by atoms with Crippen molar-refractivity contribution in [3.05, 3.63) is 60.1 Å². The smallest absolute Gasteiger partial charge is 0.315 e. The maximum atomic E-state index is 12.4. The summed E-state index contributed by atoms with van der Waals surface area (Å²) in [5.74, 6) is 1.34. The van der Waals surface area contributed by atoms with E-state index in [2.05, 4.69) is 16.7 Å². The quantitative estimate of drug-likeness (QED) is 0.865. The minimum absolute atomic E-state index is 0.187. The van der Waals surface area contributed by atoms with Crippen molar-refractivity contribution in [2.24, 2.45) is 11.8 Å². The van der Waals surface area contributed by atoms with E-state index in [1.165, 1.54) is 0 Å². The van der Waals surface area contributed by atoms with E-state index in [1.54, 1.807) is 6.26 Å². The number of benzene rings is 1. The van der Waals surface area contributed by atoms with Crippen molar-refractivity contribution >= 4 is 6.03 Å². The molecule has 5 nitrogen and oxygen atoms in total. The van der Waals surface area contributed by atoms with Crippen molar-refractivity contribution in [1.82, 2.24) is 10.6 Å². The molecule has 1 saturated carbocycles. The van der Waals surface area contributed by atoms with Crippen molar-refractivity contribution in [2.45, 2.75) is 31.7 Å². The average molecular weight is 337 g/mol. The SMILES string of the molecule is N#CC1CCC(CNC(=O)NC(c2ccccc2)c2ccco2)CC1. The molecule has 1 aromatic carbocycles. The molecular weight excluding hydrogens is 314 g/mol. The summed E-state index contributed by atoms with van der Waals surface area (Å²) < 4.78 is 5.50. The van der Waals surface area contributed by atoms with Crippen LogP contribution in [0.4, 0.5) is 4.79 Å². The first-order valence-electron chi connectivity index (χ1n) is 8.78. The van der Waals surface area contributed by atoms with Gasteiger partial charge < -0.3 is 15.1 Å². The average Bonchev–Trinajstić information content (AvgIpc) is 3.20. The Balaban J connectivity index is 1.55. The predicted molar refractivity (Wildman–Crippen MR) is 94.6 cm³/mol. The fourth-order valence-corrected chi connectivity index (χ4v) is 3.33. The van der Waals surface area contributed by atoms with Crippen LogP contribution in [0.2, 0.25) is 0 Å². The molecule has 2 amide bonds. The summed E-state index contributed by atoms with van der Waals surface area (Å²) in [5.41, 5.74) is 0.974. The number of nitriles is 1. The summed E-state index contributed by atoms with van der Waals surface area (Å²) in [6.45, 7) is 0.643. The lowest BCUT2D eigenvalue weighted by atomic mass is 9.83. The first kappa shape index (κ1) is 17.1. The lowest BCUT2D eigenvalue weighted by Crippen LogP contribution is -2.41. The van der Waals surface area contributed by atoms with E-state index < -0.39 is 0 Å². The maximum Gasteiger partial charge on any atom is 0.315 e. The van der Waals surface area contributed by atoms with E-state index >= 15 is 0 Å². The molecule has 2 N–H and O–H groups in total. The van der Waals surface area contributed by atoms with Gasteiger partial charge in [-0.15, -0.1) is 0 Å². The number of furan rings is 1. The van der Waals surface area contributed by atoms with Gasteiger partial charge in [-0.25, -0.2) is 4.79 Å². The van der Waals surface area contributed by atoms with E-state index in [0.717, 1.165) is 31.2 Å². The van der Waals surface area contributed by atoms with E-state index in [9.17, 15) is 4.79 Å². The van der Waals surface area contributed by atoms with Crippen LogP contribution in [0.1, 0.15) is 43.0 Å². The monoisotopic (exact) mass is 337 g/mol. The maximum absolute atomic E-state index is 12.4. The largest absolute Gasteiger partial charge is 0.467 e. The van der Waals surface area contributed by atoms with Crippen LogP contribution in [0.5, 0.6) is 0 Å². The molecule has 0 radical (unpaired) electrons. The lowest BCUT2D eigenvalue weighted by molar-refractivity contribution is 0.231. The van der Waals surface area contributed by atoms with Gasteiger partial charge in [0.15, 0.2) is 0 Å². The first-order chi connectivity index (χ1) is 12.3. The highest BCUT2D eigenvalue weighted by Gasteiger charge is 2.23. The molecule has 1 fully saturated rings. The van der Waals surface area contributed by atoms with Gasteiger partial charge in [-0.3, -0.25) is 0 Å². The molecule has 2 aromatic rings. The van der Waals surface area contributed by atoms with E-state index in [-0.39, 0.29) is 18.0 Å². The highest BCUT2D eigenvalue weighted by Crippen LogP contribution is 2.27. The van der Waals surface area contributed by atoms with E-state index in [1.807, 2.05) is 42.5 Å². The number of hydrogen-bond donors (Lipinski definition) is 2. The number of nitrogens with zero attached hydrogens (tertiary/aromatic N) is 1. The second kappa shape index (κ2) is 8.39. The van der Waals surface area contributed by atoms with E-state index in [4.69, 9.17) is 9.68 Å². The molecule has 0 aliphatic heterocycles. The zero-order valence-electron chi connectivity index (χ0n) is 14.2. The van der Waals surface area contributed by atoms with Gasteiger partial charge >= 0.3 is 6.03 Å². The lowest BCUT2D eigenvalue weighted by Gasteiger charge is -2.25. The topological polar surface area (TPSA) is 78.1 Å². The molecule has 0 saturated heterocycles. The second-order valence-electron chi connectivity index (χ2n) is 6.56. The van der Waals surface area contributed by atoms with Gasteiger partial charge in [0.25, 0.3) is 0 Å². The number of urea groups is 1. The molecule has 5 heteroatoms. The van der Waals surface area contributed by atoms with Crippen molar-refractivity contribution in [3.8, 4) is 6.07 Å². The molecule has 1 aliphatic rings. The van der Waals surface area contributed by atoms with Gasteiger partial charge in [0.05, 0.1) is 12.3 Å². The van der Waals surface area contributed by atoms with Crippen LogP contribution in [-0.2, 0) is 0 Å². The third kappa shape index (κ3) is 4.63. The standard InChI is InChI=1S/C20H23N3O2/c21-13-15-8-10-16(11-9-15)14-22-20(24)23-19(18-7-4-12-25-18)17-5-2-1-3-6-17/h1-7,12,15-16,19H,8-11,14H2,(H2,22,23,24). The van der Waals surface area contributed by atoms with Crippen molar-refractivity contribution in [3.63, 3.8) is 0 Å². The zero-order chi connectivity index (χ0) is 17.5. The van der Waals surface area contributed by atoms with Crippen LogP contribution in [0.25, 0.3) is 0 Å². The number of hydrogen-bond acceptors (Lipinski definition) is 3. The summed E-state index contributed by atoms with van der Waals surface area (Å²) >= 11 is 0. The van der Waals surface area contributed by atoms with Crippen LogP contribution in [0.15, 0.2) is 53.1 Å². The molecule has 1 atom stereocenters. The summed E-state index contributed by atoms with van der Waals surface area (Å²) in [7, 11) is 0. The third-order valence-corrected chi connectivity index (χ3v) is 4.82. The second-order valence-corrected chi connectivity index (χ2v) is 6.56. The molecule has 0 spiro atoms. The van der Waals surface area contributed by atoms with Gasteiger partial charge in [0.2, 0.25) is 0 Å². The molecule has 1 unspecified atom stereocenters. The molecule has 1 aromatic heterocycles. The highest BCUT2D eigenvalue weighted by atomic mass is 16.3. The molecule has 130 valence electrons. The van der Waals surface area contributed by atoms with Gasteiger partial charge in [0.1, 0.15) is 11.8 Å². The first-order valence-corrected chi connectivity index (χ1v) is 8.78. The van der Waals surface area contributed by atoms with Crippen molar-refractivity contribution in [2.75, 3.05) is 6.54 Å². The van der Waals surface area contributed by atoms with Crippen LogP contribution < -0.4 is 10.6 Å². The molecule has 25 heavy (non-hydrogen) atoms. The molecule has 3 rings (SSSR count). The Labute approximate surface area is 148 Å².